The summed E-state index contributed by atoms with van der Waals surface area (Å²) in [5.74, 6) is -3.98. The summed E-state index contributed by atoms with van der Waals surface area (Å²) < 4.78 is 41.1. The molecule has 2 heterocycles. The van der Waals surface area contributed by atoms with E-state index in [1.165, 1.54) is 0 Å². The molecule has 2 aliphatic heterocycles. The maximum atomic E-state index is 12.9. The van der Waals surface area contributed by atoms with E-state index in [-0.39, 0.29) is 16.8 Å². The van der Waals surface area contributed by atoms with Gasteiger partial charge in [-0.05, 0) is 41.5 Å². The van der Waals surface area contributed by atoms with E-state index in [0.717, 1.165) is 17.9 Å². The minimum absolute atomic E-state index is 0.0784. The second-order valence-electron chi connectivity index (χ2n) is 9.20. The van der Waals surface area contributed by atoms with E-state index in [0.29, 0.717) is 0 Å². The first-order valence-electron chi connectivity index (χ1n) is 9.51. The predicted molar refractivity (Wildman–Crippen MR) is 108 cm³/mol. The lowest BCUT2D eigenvalue weighted by Crippen LogP contribution is -2.63. The van der Waals surface area contributed by atoms with Crippen molar-refractivity contribution in [1.82, 2.24) is 4.90 Å². The Morgan fingerprint density at radius 2 is 1.61 bits per heavy atom. The predicted octanol–water partition coefficient (Wildman–Crippen LogP) is 1.01. The van der Waals surface area contributed by atoms with E-state index in [2.05, 4.69) is 0 Å². The summed E-state index contributed by atoms with van der Waals surface area (Å²) >= 11 is 0. The maximum absolute atomic E-state index is 12.9. The molecule has 1 fully saturated rings. The lowest BCUT2D eigenvalue weighted by Gasteiger charge is -2.46. The monoisotopic (exact) mass is 457 g/mol. The number of nitrogens with zero attached hydrogens (tertiary/aromatic N) is 1. The van der Waals surface area contributed by atoms with E-state index in [1.54, 1.807) is 41.5 Å². The topological polar surface area (TPSA) is 133 Å². The highest BCUT2D eigenvalue weighted by Gasteiger charge is 2.57. The number of hydrogen-bond acceptors (Lipinski definition) is 9. The molecule has 1 saturated heterocycles. The van der Waals surface area contributed by atoms with Crippen LogP contribution in [0.5, 0.6) is 0 Å². The van der Waals surface area contributed by atoms with Gasteiger partial charge in [-0.3, -0.25) is 14.5 Å². The van der Waals surface area contributed by atoms with Crippen LogP contribution in [0.15, 0.2) is 22.9 Å². The highest BCUT2D eigenvalue weighted by atomic mass is 32.2. The molecule has 0 aromatic heterocycles. The summed E-state index contributed by atoms with van der Waals surface area (Å²) in [5, 5.41) is -1.53. The van der Waals surface area contributed by atoms with Gasteiger partial charge in [0.15, 0.2) is 15.2 Å². The van der Waals surface area contributed by atoms with Crippen molar-refractivity contribution in [2.24, 2.45) is 0 Å². The number of esters is 3. The van der Waals surface area contributed by atoms with E-state index < -0.39 is 62.6 Å². The van der Waals surface area contributed by atoms with Crippen molar-refractivity contribution in [2.45, 2.75) is 65.0 Å². The Bertz CT molecular complexity index is 991. The van der Waals surface area contributed by atoms with Crippen molar-refractivity contribution in [3.8, 4) is 0 Å². The summed E-state index contributed by atoms with van der Waals surface area (Å²) in [4.78, 5) is 49.7. The van der Waals surface area contributed by atoms with Crippen LogP contribution in [-0.2, 0) is 43.2 Å². The zero-order chi connectivity index (χ0) is 23.9. The van der Waals surface area contributed by atoms with Crippen molar-refractivity contribution < 1.29 is 41.8 Å². The van der Waals surface area contributed by atoms with E-state index >= 15 is 0 Å². The number of ether oxygens (including phenoxy) is 3. The maximum Gasteiger partial charge on any atom is 0.355 e. The van der Waals surface area contributed by atoms with Crippen LogP contribution in [-0.4, -0.2) is 66.1 Å². The molecule has 172 valence electrons. The van der Waals surface area contributed by atoms with Crippen molar-refractivity contribution in [2.75, 3.05) is 12.4 Å². The van der Waals surface area contributed by atoms with Crippen LogP contribution in [0.25, 0.3) is 0 Å². The van der Waals surface area contributed by atoms with Crippen LogP contribution in [0.1, 0.15) is 48.5 Å². The lowest BCUT2D eigenvalue weighted by molar-refractivity contribution is -0.155. The van der Waals surface area contributed by atoms with Gasteiger partial charge < -0.3 is 14.2 Å². The van der Waals surface area contributed by atoms with Crippen molar-refractivity contribution in [3.05, 3.63) is 22.9 Å². The molecule has 0 radical (unpaired) electrons. The molecule has 2 aliphatic rings. The Balaban J connectivity index is 2.51. The fourth-order valence-corrected chi connectivity index (χ4v) is 4.96. The summed E-state index contributed by atoms with van der Waals surface area (Å²) in [6.07, 6.45) is 0.829. The molecule has 0 bridgehead atoms. The number of fused-ring (bicyclic) bond motifs is 1. The van der Waals surface area contributed by atoms with Crippen LogP contribution < -0.4 is 0 Å². The molecule has 0 N–H and O–H groups in total. The fourth-order valence-electron chi connectivity index (χ4n) is 3.02. The van der Waals surface area contributed by atoms with Gasteiger partial charge in [0, 0.05) is 18.6 Å². The molecule has 1 amide bonds. The summed E-state index contributed by atoms with van der Waals surface area (Å²) in [5.41, 5.74) is -2.45. The van der Waals surface area contributed by atoms with Gasteiger partial charge in [0.1, 0.15) is 23.5 Å². The van der Waals surface area contributed by atoms with E-state index in [1.807, 2.05) is 0 Å². The van der Waals surface area contributed by atoms with Crippen LogP contribution in [0.3, 0.4) is 0 Å². The van der Waals surface area contributed by atoms with Crippen LogP contribution in [0, 0.1) is 0 Å². The molecular weight excluding hydrogens is 430 g/mol. The third-order valence-electron chi connectivity index (χ3n) is 3.98. The first-order valence-corrected chi connectivity index (χ1v) is 11.2. The summed E-state index contributed by atoms with van der Waals surface area (Å²) in [7, 11) is -4.03. The lowest BCUT2D eigenvalue weighted by atomic mass is 10.0. The highest BCUT2D eigenvalue weighted by molar-refractivity contribution is 7.92. The zero-order valence-corrected chi connectivity index (χ0v) is 19.4. The Morgan fingerprint density at radius 1 is 1.06 bits per heavy atom. The molecule has 0 aromatic carbocycles. The third-order valence-corrected chi connectivity index (χ3v) is 5.88. The van der Waals surface area contributed by atoms with Crippen molar-refractivity contribution in [3.63, 3.8) is 0 Å². The number of carbonyl (C=O) groups excluding carboxylic acids is 4. The number of β-lactam (4-membered cyclic amide) rings is 1. The Hall–Kier alpha value is -2.69. The average Bonchev–Trinajstić information content (AvgIpc) is 2.53. The molecule has 31 heavy (non-hydrogen) atoms. The number of carbonyl (C=O) groups is 4. The number of amides is 1. The van der Waals surface area contributed by atoms with E-state index in [9.17, 15) is 27.6 Å². The van der Waals surface area contributed by atoms with Gasteiger partial charge in [-0.25, -0.2) is 18.0 Å². The van der Waals surface area contributed by atoms with Gasteiger partial charge in [0.25, 0.3) is 5.91 Å². The first-order chi connectivity index (χ1) is 13.9. The number of rotatable bonds is 4. The second-order valence-corrected chi connectivity index (χ2v) is 11.3. The van der Waals surface area contributed by atoms with Gasteiger partial charge in [-0.15, -0.1) is 0 Å². The smallest absolute Gasteiger partial charge is 0.355 e. The zero-order valence-electron chi connectivity index (χ0n) is 18.6. The summed E-state index contributed by atoms with van der Waals surface area (Å²) in [6, 6.07) is 0. The minimum atomic E-state index is -4.03. The molecule has 0 aromatic rings. The molecular formula is C20H27NO9S. The van der Waals surface area contributed by atoms with Gasteiger partial charge in [-0.1, -0.05) is 0 Å². The normalized spacial score (nSPS) is 21.9. The minimum Gasteiger partial charge on any atom is -0.461 e. The van der Waals surface area contributed by atoms with Crippen LogP contribution in [0.2, 0.25) is 0 Å². The second kappa shape index (κ2) is 8.10. The van der Waals surface area contributed by atoms with Gasteiger partial charge in [0.2, 0.25) is 0 Å². The molecule has 0 saturated carbocycles. The molecule has 1 atom stereocenters. The molecule has 0 spiro atoms. The number of hydrogen-bond donors (Lipinski definition) is 0. The van der Waals surface area contributed by atoms with Gasteiger partial charge >= 0.3 is 17.9 Å². The molecule has 11 heteroatoms. The Morgan fingerprint density at radius 3 is 2.10 bits per heavy atom. The Kier molecular flexibility index (Phi) is 6.42. The van der Waals surface area contributed by atoms with Crippen molar-refractivity contribution >= 4 is 33.7 Å². The molecule has 10 nitrogen and oxygen atoms in total. The number of sulfone groups is 1. The van der Waals surface area contributed by atoms with Gasteiger partial charge in [-0.2, -0.15) is 0 Å². The standard InChI is InChI=1S/C20H27NO9S/c1-11(22)28-9-12-10-31(26,27)17-13(8-14(23)29-19(2,3)4)16(24)21(17)15(12)18(25)30-20(5,6)7/h8,17H,9-10H2,1-7H3/b13-8+. The van der Waals surface area contributed by atoms with E-state index in [4.69, 9.17) is 14.2 Å². The van der Waals surface area contributed by atoms with Gasteiger partial charge in [0.05, 0.1) is 11.3 Å². The fraction of sp³-hybridized carbons (Fsp3) is 0.600. The molecule has 0 aliphatic carbocycles. The molecule has 2 rings (SSSR count). The average molecular weight is 458 g/mol. The molecule has 1 unspecified atom stereocenters. The van der Waals surface area contributed by atoms with Crippen LogP contribution >= 0.6 is 0 Å². The van der Waals surface area contributed by atoms with Crippen molar-refractivity contribution in [1.29, 1.82) is 0 Å². The highest BCUT2D eigenvalue weighted by Crippen LogP contribution is 2.41. The first kappa shape index (κ1) is 24.6. The quantitative estimate of drug-likeness (QED) is 0.262. The SMILES string of the molecule is CC(=O)OCC1=C(C(=O)OC(C)(C)C)N2C(=O)/C(=C\C(=O)OC(C)(C)C)C2S(=O)(=O)C1. The Labute approximate surface area is 181 Å². The third kappa shape index (κ3) is 5.72. The summed E-state index contributed by atoms with van der Waals surface area (Å²) in [6.45, 7) is 10.3. The largest absolute Gasteiger partial charge is 0.461 e. The van der Waals surface area contributed by atoms with Crippen LogP contribution in [0.4, 0.5) is 0 Å².